The quantitative estimate of drug-likeness (QED) is 0.519. The van der Waals surface area contributed by atoms with E-state index in [2.05, 4.69) is 26.1 Å². The zero-order valence-corrected chi connectivity index (χ0v) is 19.6. The summed E-state index contributed by atoms with van der Waals surface area (Å²) < 4.78 is 11.1. The normalized spacial score (nSPS) is 13.7. The average Bonchev–Trinajstić information content (AvgIpc) is 3.26. The zero-order chi connectivity index (χ0) is 22.7. The van der Waals surface area contributed by atoms with Gasteiger partial charge in [0.05, 0.1) is 12.7 Å². The molecule has 9 heteroatoms. The van der Waals surface area contributed by atoms with Crippen molar-refractivity contribution in [2.75, 3.05) is 43.5 Å². The average molecular weight is 519 g/mol. The van der Waals surface area contributed by atoms with Crippen LogP contribution in [0.1, 0.15) is 20.9 Å². The van der Waals surface area contributed by atoms with E-state index in [1.54, 1.807) is 35.2 Å². The molecule has 4 rings (SSSR count). The molecule has 0 saturated carbocycles. The van der Waals surface area contributed by atoms with Crippen LogP contribution >= 0.6 is 27.5 Å². The van der Waals surface area contributed by atoms with Crippen LogP contribution in [-0.4, -0.2) is 50.0 Å². The van der Waals surface area contributed by atoms with Gasteiger partial charge in [0, 0.05) is 42.6 Å². The highest BCUT2D eigenvalue weighted by Crippen LogP contribution is 2.26. The molecule has 3 aromatic rings. The molecule has 0 aliphatic carbocycles. The molecule has 32 heavy (non-hydrogen) atoms. The van der Waals surface area contributed by atoms with E-state index < -0.39 is 0 Å². The number of ether oxygens (including phenoxy) is 1. The Labute approximate surface area is 199 Å². The molecular formula is C23H21BrClN3O4. The van der Waals surface area contributed by atoms with Crippen LogP contribution in [-0.2, 0) is 0 Å². The van der Waals surface area contributed by atoms with E-state index in [4.69, 9.17) is 20.8 Å². The Morgan fingerprint density at radius 2 is 1.75 bits per heavy atom. The summed E-state index contributed by atoms with van der Waals surface area (Å²) in [6.45, 7) is 2.56. The second kappa shape index (κ2) is 9.67. The Balaban J connectivity index is 1.35. The fourth-order valence-corrected chi connectivity index (χ4v) is 4.05. The number of carbonyl (C=O) groups excluding carboxylic acids is 2. The lowest BCUT2D eigenvalue weighted by Gasteiger charge is -2.36. The SMILES string of the molecule is COc1ccc(Cl)cc1C(=O)N1CCN(c2ccc(NC(=O)c3ccc(Br)o3)cc2)CC1. The second-order valence-corrected chi connectivity index (χ2v) is 8.45. The maximum Gasteiger partial charge on any atom is 0.291 e. The molecule has 2 heterocycles. The fourth-order valence-electron chi connectivity index (χ4n) is 3.57. The van der Waals surface area contributed by atoms with Crippen molar-refractivity contribution in [3.63, 3.8) is 0 Å². The van der Waals surface area contributed by atoms with Gasteiger partial charge >= 0.3 is 0 Å². The number of rotatable bonds is 5. The van der Waals surface area contributed by atoms with Gasteiger partial charge < -0.3 is 24.3 Å². The van der Waals surface area contributed by atoms with Crippen LogP contribution in [0.15, 0.2) is 63.7 Å². The Morgan fingerprint density at radius 1 is 1.03 bits per heavy atom. The van der Waals surface area contributed by atoms with E-state index >= 15 is 0 Å². The van der Waals surface area contributed by atoms with Crippen LogP contribution in [0.4, 0.5) is 11.4 Å². The van der Waals surface area contributed by atoms with Crippen molar-refractivity contribution in [1.82, 2.24) is 4.90 Å². The summed E-state index contributed by atoms with van der Waals surface area (Å²) in [5.41, 5.74) is 2.17. The van der Waals surface area contributed by atoms with Gasteiger partial charge in [0.1, 0.15) is 5.75 Å². The summed E-state index contributed by atoms with van der Waals surface area (Å²) in [4.78, 5) is 29.2. The number of carbonyl (C=O) groups is 2. The lowest BCUT2D eigenvalue weighted by atomic mass is 10.1. The first kappa shape index (κ1) is 22.2. The van der Waals surface area contributed by atoms with Gasteiger partial charge in [-0.25, -0.2) is 0 Å². The number of furan rings is 1. The van der Waals surface area contributed by atoms with E-state index in [-0.39, 0.29) is 17.6 Å². The number of nitrogens with one attached hydrogen (secondary N) is 1. The minimum Gasteiger partial charge on any atom is -0.496 e. The van der Waals surface area contributed by atoms with E-state index in [9.17, 15) is 9.59 Å². The predicted octanol–water partition coefficient (Wildman–Crippen LogP) is 4.92. The van der Waals surface area contributed by atoms with Crippen molar-refractivity contribution in [2.45, 2.75) is 0 Å². The lowest BCUT2D eigenvalue weighted by Crippen LogP contribution is -2.48. The zero-order valence-electron chi connectivity index (χ0n) is 17.3. The fraction of sp³-hybridized carbons (Fsp3) is 0.217. The van der Waals surface area contributed by atoms with Crippen molar-refractivity contribution >= 4 is 50.7 Å². The predicted molar refractivity (Wildman–Crippen MR) is 127 cm³/mol. The molecule has 1 aromatic heterocycles. The molecular weight excluding hydrogens is 498 g/mol. The van der Waals surface area contributed by atoms with Gasteiger partial charge in [-0.1, -0.05) is 11.6 Å². The van der Waals surface area contributed by atoms with Crippen molar-refractivity contribution in [1.29, 1.82) is 0 Å². The first-order valence-electron chi connectivity index (χ1n) is 9.99. The molecule has 0 spiro atoms. The number of amides is 2. The Morgan fingerprint density at radius 3 is 2.38 bits per heavy atom. The van der Waals surface area contributed by atoms with Crippen molar-refractivity contribution < 1.29 is 18.7 Å². The summed E-state index contributed by atoms with van der Waals surface area (Å²) in [5.74, 6) is 0.345. The molecule has 1 saturated heterocycles. The van der Waals surface area contributed by atoms with Gasteiger partial charge in [-0.3, -0.25) is 9.59 Å². The highest BCUT2D eigenvalue weighted by atomic mass is 79.9. The molecule has 0 atom stereocenters. The Kier molecular flexibility index (Phi) is 6.72. The highest BCUT2D eigenvalue weighted by Gasteiger charge is 2.25. The smallest absolute Gasteiger partial charge is 0.291 e. The largest absolute Gasteiger partial charge is 0.496 e. The van der Waals surface area contributed by atoms with Gasteiger partial charge in [0.15, 0.2) is 10.4 Å². The summed E-state index contributed by atoms with van der Waals surface area (Å²) in [5, 5.41) is 3.31. The molecule has 0 radical (unpaired) electrons. The van der Waals surface area contributed by atoms with Gasteiger partial charge in [-0.05, 0) is 70.5 Å². The van der Waals surface area contributed by atoms with Gasteiger partial charge in [0.2, 0.25) is 0 Å². The van der Waals surface area contributed by atoms with Crippen LogP contribution in [0.5, 0.6) is 5.75 Å². The van der Waals surface area contributed by atoms with Crippen molar-refractivity contribution in [2.24, 2.45) is 0 Å². The number of piperazine rings is 1. The van der Waals surface area contributed by atoms with Crippen molar-refractivity contribution in [3.05, 3.63) is 75.6 Å². The van der Waals surface area contributed by atoms with Crippen molar-refractivity contribution in [3.8, 4) is 5.75 Å². The van der Waals surface area contributed by atoms with Crippen LogP contribution in [0.25, 0.3) is 0 Å². The third-order valence-corrected chi connectivity index (χ3v) is 5.91. The number of nitrogens with zero attached hydrogens (tertiary/aromatic N) is 2. The molecule has 1 fully saturated rings. The molecule has 7 nitrogen and oxygen atoms in total. The van der Waals surface area contributed by atoms with Gasteiger partial charge in [-0.15, -0.1) is 0 Å². The monoisotopic (exact) mass is 517 g/mol. The van der Waals surface area contributed by atoms with E-state index in [0.29, 0.717) is 52.9 Å². The topological polar surface area (TPSA) is 75.0 Å². The summed E-state index contributed by atoms with van der Waals surface area (Å²) in [6.07, 6.45) is 0. The summed E-state index contributed by atoms with van der Waals surface area (Å²) in [6, 6.07) is 15.9. The van der Waals surface area contributed by atoms with E-state index in [0.717, 1.165) is 5.69 Å². The first-order valence-corrected chi connectivity index (χ1v) is 11.2. The Bertz CT molecular complexity index is 1120. The molecule has 1 aliphatic heterocycles. The van der Waals surface area contributed by atoms with Crippen LogP contribution < -0.4 is 15.0 Å². The number of methoxy groups -OCH3 is 1. The molecule has 2 amide bonds. The molecule has 0 bridgehead atoms. The standard InChI is InChI=1S/C23H21BrClN3O4/c1-31-19-7-2-15(25)14-18(19)23(30)28-12-10-27(11-13-28)17-5-3-16(4-6-17)26-22(29)20-8-9-21(24)32-20/h2-9,14H,10-13H2,1H3,(H,26,29). The third kappa shape index (κ3) is 4.92. The van der Waals surface area contributed by atoms with Crippen LogP contribution in [0.3, 0.4) is 0 Å². The maximum absolute atomic E-state index is 13.0. The van der Waals surface area contributed by atoms with Crippen LogP contribution in [0, 0.1) is 0 Å². The minimum absolute atomic E-state index is 0.0911. The molecule has 1 aliphatic rings. The van der Waals surface area contributed by atoms with Gasteiger partial charge in [-0.2, -0.15) is 0 Å². The third-order valence-electron chi connectivity index (χ3n) is 5.25. The molecule has 2 aromatic carbocycles. The van der Waals surface area contributed by atoms with Crippen LogP contribution in [0.2, 0.25) is 5.02 Å². The van der Waals surface area contributed by atoms with E-state index in [1.807, 2.05) is 24.3 Å². The lowest BCUT2D eigenvalue weighted by molar-refractivity contribution is 0.0743. The van der Waals surface area contributed by atoms with Gasteiger partial charge in [0.25, 0.3) is 11.8 Å². The number of benzene rings is 2. The second-order valence-electron chi connectivity index (χ2n) is 7.23. The molecule has 166 valence electrons. The summed E-state index contributed by atoms with van der Waals surface area (Å²) >= 11 is 9.26. The number of hydrogen-bond acceptors (Lipinski definition) is 5. The highest BCUT2D eigenvalue weighted by molar-refractivity contribution is 9.10. The van der Waals surface area contributed by atoms with E-state index in [1.165, 1.54) is 7.11 Å². The first-order chi connectivity index (χ1) is 15.4. The minimum atomic E-state index is -0.313. The molecule has 0 unspecified atom stereocenters. The number of hydrogen-bond donors (Lipinski definition) is 1. The maximum atomic E-state index is 13.0. The Hall–Kier alpha value is -2.97. The summed E-state index contributed by atoms with van der Waals surface area (Å²) in [7, 11) is 1.54. The number of anilines is 2. The number of halogens is 2. The molecule has 1 N–H and O–H groups in total.